The predicted molar refractivity (Wildman–Crippen MR) is 68.7 cm³/mol. The van der Waals surface area contributed by atoms with Crippen molar-refractivity contribution in [2.24, 2.45) is 4.99 Å². The van der Waals surface area contributed by atoms with Crippen molar-refractivity contribution in [2.75, 3.05) is 0 Å². The zero-order valence-electron chi connectivity index (χ0n) is 9.87. The van der Waals surface area contributed by atoms with Crippen LogP contribution in [0.25, 0.3) is 0 Å². The molecule has 0 bridgehead atoms. The molecular weight excluding hydrogens is 220 g/mol. The smallest absolute Gasteiger partial charge is 0.261 e. The Morgan fingerprint density at radius 3 is 2.56 bits per heavy atom. The maximum absolute atomic E-state index is 11.5. The van der Waals surface area contributed by atoms with Crippen molar-refractivity contribution in [1.29, 1.82) is 0 Å². The number of nitrogens with one attached hydrogen (secondary N) is 1. The second-order valence-corrected chi connectivity index (χ2v) is 5.79. The van der Waals surface area contributed by atoms with Gasteiger partial charge >= 0.3 is 0 Å². The van der Waals surface area contributed by atoms with Crippen molar-refractivity contribution >= 4 is 22.8 Å². The van der Waals surface area contributed by atoms with Gasteiger partial charge < -0.3 is 5.32 Å². The molecule has 3 nitrogen and oxygen atoms in total. The summed E-state index contributed by atoms with van der Waals surface area (Å²) in [5, 5.41) is 4.37. The van der Waals surface area contributed by atoms with E-state index in [4.69, 9.17) is 0 Å². The summed E-state index contributed by atoms with van der Waals surface area (Å²) in [6, 6.07) is 0.539. The minimum atomic E-state index is 0.0450. The second-order valence-electron chi connectivity index (χ2n) is 4.60. The van der Waals surface area contributed by atoms with Crippen LogP contribution < -0.4 is 5.32 Å². The lowest BCUT2D eigenvalue weighted by atomic mass is 10.1. The van der Waals surface area contributed by atoms with E-state index in [1.165, 1.54) is 38.5 Å². The van der Waals surface area contributed by atoms with Gasteiger partial charge in [0.2, 0.25) is 0 Å². The third-order valence-corrected chi connectivity index (χ3v) is 4.55. The van der Waals surface area contributed by atoms with Crippen molar-refractivity contribution in [3.8, 4) is 0 Å². The fourth-order valence-electron chi connectivity index (χ4n) is 2.31. The molecule has 0 aromatic carbocycles. The fourth-order valence-corrected chi connectivity index (χ4v) is 3.27. The Morgan fingerprint density at radius 1 is 1.31 bits per heavy atom. The van der Waals surface area contributed by atoms with Crippen LogP contribution in [-0.2, 0) is 4.79 Å². The molecule has 0 saturated heterocycles. The summed E-state index contributed by atoms with van der Waals surface area (Å²) in [7, 11) is 0. The maximum atomic E-state index is 11.5. The molecule has 2 rings (SSSR count). The van der Waals surface area contributed by atoms with Gasteiger partial charge in [-0.25, -0.2) is 0 Å². The molecule has 0 aromatic heterocycles. The highest BCUT2D eigenvalue weighted by Gasteiger charge is 2.27. The van der Waals surface area contributed by atoms with Crippen LogP contribution in [0.1, 0.15) is 51.9 Å². The van der Waals surface area contributed by atoms with Crippen molar-refractivity contribution in [2.45, 2.75) is 63.2 Å². The van der Waals surface area contributed by atoms with Gasteiger partial charge in [0, 0.05) is 6.04 Å². The molecule has 0 aromatic rings. The van der Waals surface area contributed by atoms with Crippen molar-refractivity contribution in [1.82, 2.24) is 5.32 Å². The number of thioether (sulfide) groups is 1. The number of rotatable bonds is 2. The third-order valence-electron chi connectivity index (χ3n) is 3.29. The van der Waals surface area contributed by atoms with E-state index in [1.807, 2.05) is 6.92 Å². The lowest BCUT2D eigenvalue weighted by Gasteiger charge is -2.16. The first-order chi connectivity index (χ1) is 7.79. The standard InChI is InChI=1S/C12H20N2OS/c1-2-10-11(15)14-12(16-10)13-9-7-5-3-4-6-8-9/h9-10H,2-8H2,1H3,(H,13,14,15). The van der Waals surface area contributed by atoms with Crippen molar-refractivity contribution < 1.29 is 4.79 Å². The Morgan fingerprint density at radius 2 is 2.00 bits per heavy atom. The van der Waals surface area contributed by atoms with Gasteiger partial charge in [-0.15, -0.1) is 0 Å². The molecule has 1 aliphatic heterocycles. The Kier molecular flexibility index (Phi) is 4.27. The molecule has 0 radical (unpaired) electrons. The van der Waals surface area contributed by atoms with E-state index in [0.29, 0.717) is 6.04 Å². The highest BCUT2D eigenvalue weighted by molar-refractivity contribution is 8.15. The summed E-state index contributed by atoms with van der Waals surface area (Å²) < 4.78 is 0. The molecule has 1 N–H and O–H groups in total. The minimum Gasteiger partial charge on any atom is -0.362 e. The Bertz CT molecular complexity index is 283. The molecule has 1 heterocycles. The first kappa shape index (κ1) is 12.0. The number of carbonyl (C=O) groups excluding carboxylic acids is 1. The molecule has 1 atom stereocenters. The van der Waals surface area contributed by atoms with Crippen molar-refractivity contribution in [3.05, 3.63) is 0 Å². The van der Waals surface area contributed by atoms with Crippen LogP contribution >= 0.6 is 11.8 Å². The van der Waals surface area contributed by atoms with Crippen LogP contribution in [0.15, 0.2) is 4.99 Å². The van der Waals surface area contributed by atoms with Gasteiger partial charge in [0.05, 0.1) is 5.25 Å². The van der Waals surface area contributed by atoms with Crippen LogP contribution in [0, 0.1) is 0 Å². The van der Waals surface area contributed by atoms with E-state index in [0.717, 1.165) is 11.6 Å². The van der Waals surface area contributed by atoms with Gasteiger partial charge in [-0.1, -0.05) is 44.4 Å². The molecule has 4 heteroatoms. The minimum absolute atomic E-state index is 0.0450. The maximum Gasteiger partial charge on any atom is 0.261 e. The van der Waals surface area contributed by atoms with Crippen molar-refractivity contribution in [3.63, 3.8) is 0 Å². The molecule has 1 aliphatic carbocycles. The SMILES string of the molecule is CCC1SC(NC2CCCCCC2)=NC1=O. The molecular formula is C12H20N2OS. The summed E-state index contributed by atoms with van der Waals surface area (Å²) in [6.07, 6.45) is 8.65. The number of nitrogens with zero attached hydrogens (tertiary/aromatic N) is 1. The average molecular weight is 240 g/mol. The first-order valence-electron chi connectivity index (χ1n) is 6.35. The quantitative estimate of drug-likeness (QED) is 0.755. The number of carbonyl (C=O) groups is 1. The highest BCUT2D eigenvalue weighted by Crippen LogP contribution is 2.25. The van der Waals surface area contributed by atoms with Gasteiger partial charge in [-0.3, -0.25) is 4.79 Å². The molecule has 1 fully saturated rings. The highest BCUT2D eigenvalue weighted by atomic mass is 32.2. The molecule has 90 valence electrons. The zero-order chi connectivity index (χ0) is 11.4. The summed E-state index contributed by atoms with van der Waals surface area (Å²) in [6.45, 7) is 2.04. The number of aliphatic imine (C=N–C) groups is 1. The predicted octanol–water partition coefficient (Wildman–Crippen LogP) is 2.71. The Labute approximate surface area is 101 Å². The lowest BCUT2D eigenvalue weighted by molar-refractivity contribution is -0.117. The van der Waals surface area contributed by atoms with Crippen LogP contribution in [0.2, 0.25) is 0 Å². The summed E-state index contributed by atoms with van der Waals surface area (Å²) in [4.78, 5) is 15.6. The largest absolute Gasteiger partial charge is 0.362 e. The number of amidine groups is 1. The van der Waals surface area contributed by atoms with Crippen LogP contribution in [0.3, 0.4) is 0 Å². The first-order valence-corrected chi connectivity index (χ1v) is 7.23. The third kappa shape index (κ3) is 3.00. The molecule has 1 saturated carbocycles. The van der Waals surface area contributed by atoms with Gasteiger partial charge in [0.25, 0.3) is 5.91 Å². The Hall–Kier alpha value is -0.510. The van der Waals surface area contributed by atoms with Crippen LogP contribution in [-0.4, -0.2) is 22.4 Å². The summed E-state index contributed by atoms with van der Waals surface area (Å²) in [5.41, 5.74) is 0. The molecule has 2 aliphatic rings. The van der Waals surface area contributed by atoms with Gasteiger partial charge in [0.15, 0.2) is 5.17 Å². The lowest BCUT2D eigenvalue weighted by Crippen LogP contribution is -2.32. The number of hydrogen-bond donors (Lipinski definition) is 1. The topological polar surface area (TPSA) is 41.5 Å². The number of amides is 1. The van der Waals surface area contributed by atoms with Gasteiger partial charge in [0.1, 0.15) is 0 Å². The van der Waals surface area contributed by atoms with E-state index in [9.17, 15) is 4.79 Å². The van der Waals surface area contributed by atoms with Gasteiger partial charge in [-0.05, 0) is 19.3 Å². The molecule has 1 unspecified atom stereocenters. The second kappa shape index (κ2) is 5.71. The van der Waals surface area contributed by atoms with E-state index in [-0.39, 0.29) is 11.2 Å². The van der Waals surface area contributed by atoms with Crippen LogP contribution in [0.5, 0.6) is 0 Å². The average Bonchev–Trinajstić information content (AvgIpc) is 2.50. The monoisotopic (exact) mass is 240 g/mol. The molecule has 16 heavy (non-hydrogen) atoms. The van der Waals surface area contributed by atoms with E-state index >= 15 is 0 Å². The summed E-state index contributed by atoms with van der Waals surface area (Å²) in [5.74, 6) is 0.0450. The van der Waals surface area contributed by atoms with Crippen LogP contribution in [0.4, 0.5) is 0 Å². The van der Waals surface area contributed by atoms with E-state index in [1.54, 1.807) is 11.8 Å². The van der Waals surface area contributed by atoms with E-state index in [2.05, 4.69) is 10.3 Å². The number of hydrogen-bond acceptors (Lipinski definition) is 3. The van der Waals surface area contributed by atoms with Gasteiger partial charge in [-0.2, -0.15) is 4.99 Å². The zero-order valence-corrected chi connectivity index (χ0v) is 10.7. The summed E-state index contributed by atoms with van der Waals surface area (Å²) >= 11 is 1.61. The fraction of sp³-hybridized carbons (Fsp3) is 0.833. The Balaban J connectivity index is 1.85. The molecule has 0 spiro atoms. The van der Waals surface area contributed by atoms with E-state index < -0.39 is 0 Å². The molecule has 1 amide bonds. The normalized spacial score (nSPS) is 27.7.